The van der Waals surface area contributed by atoms with Crippen molar-refractivity contribution in [1.82, 2.24) is 10.6 Å². The van der Waals surface area contributed by atoms with Crippen molar-refractivity contribution in [2.45, 2.75) is 57.7 Å². The van der Waals surface area contributed by atoms with Gasteiger partial charge in [-0.05, 0) is 44.4 Å². The molecule has 1 fully saturated rings. The fraction of sp³-hybridized carbons (Fsp3) is 0.562. The van der Waals surface area contributed by atoms with Crippen molar-refractivity contribution in [2.75, 3.05) is 0 Å². The number of amides is 1. The lowest BCUT2D eigenvalue weighted by Gasteiger charge is -2.22. The number of hydrogen-bond donors (Lipinski definition) is 2. The summed E-state index contributed by atoms with van der Waals surface area (Å²) in [6.45, 7) is 3.95. The summed E-state index contributed by atoms with van der Waals surface area (Å²) < 4.78 is 0. The summed E-state index contributed by atoms with van der Waals surface area (Å²) in [5.74, 6) is 0.0887. The van der Waals surface area contributed by atoms with Crippen LogP contribution in [0.25, 0.3) is 0 Å². The SMILES string of the molecule is CC(NC(C)c1cccc(Cl)c1)C(=O)NC1CCCC1. The van der Waals surface area contributed by atoms with Gasteiger partial charge in [-0.2, -0.15) is 0 Å². The maximum absolute atomic E-state index is 12.1. The van der Waals surface area contributed by atoms with Gasteiger partial charge in [-0.3, -0.25) is 10.1 Å². The third kappa shape index (κ3) is 4.22. The molecule has 4 heteroatoms. The minimum absolute atomic E-state index is 0.0887. The van der Waals surface area contributed by atoms with Crippen LogP contribution < -0.4 is 10.6 Å². The Morgan fingerprint density at radius 1 is 1.30 bits per heavy atom. The van der Waals surface area contributed by atoms with Gasteiger partial charge in [0, 0.05) is 17.1 Å². The van der Waals surface area contributed by atoms with Gasteiger partial charge < -0.3 is 5.32 Å². The molecule has 1 saturated carbocycles. The van der Waals surface area contributed by atoms with Crippen molar-refractivity contribution >= 4 is 17.5 Å². The summed E-state index contributed by atoms with van der Waals surface area (Å²) in [5, 5.41) is 7.17. The van der Waals surface area contributed by atoms with E-state index in [1.807, 2.05) is 38.1 Å². The van der Waals surface area contributed by atoms with Crippen molar-refractivity contribution in [2.24, 2.45) is 0 Å². The second-order valence-corrected chi connectivity index (χ2v) is 6.09. The fourth-order valence-corrected chi connectivity index (χ4v) is 2.92. The predicted octanol–water partition coefficient (Wildman–Crippen LogP) is 3.44. The molecule has 0 aromatic heterocycles. The van der Waals surface area contributed by atoms with Crippen molar-refractivity contribution in [3.8, 4) is 0 Å². The Morgan fingerprint density at radius 2 is 2.00 bits per heavy atom. The molecular formula is C16H23ClN2O. The number of carbonyl (C=O) groups is 1. The van der Waals surface area contributed by atoms with Gasteiger partial charge in [-0.15, -0.1) is 0 Å². The summed E-state index contributed by atoms with van der Waals surface area (Å²) in [6, 6.07) is 8.00. The van der Waals surface area contributed by atoms with E-state index in [9.17, 15) is 4.79 Å². The first-order valence-corrected chi connectivity index (χ1v) is 7.76. The van der Waals surface area contributed by atoms with Gasteiger partial charge >= 0.3 is 0 Å². The van der Waals surface area contributed by atoms with Crippen LogP contribution in [-0.2, 0) is 4.79 Å². The molecule has 0 radical (unpaired) electrons. The topological polar surface area (TPSA) is 41.1 Å². The molecule has 2 rings (SSSR count). The molecule has 1 aliphatic carbocycles. The monoisotopic (exact) mass is 294 g/mol. The maximum atomic E-state index is 12.1. The highest BCUT2D eigenvalue weighted by Crippen LogP contribution is 2.19. The Morgan fingerprint density at radius 3 is 2.65 bits per heavy atom. The quantitative estimate of drug-likeness (QED) is 0.873. The van der Waals surface area contributed by atoms with E-state index in [2.05, 4.69) is 10.6 Å². The lowest BCUT2D eigenvalue weighted by atomic mass is 10.1. The third-order valence-corrected chi connectivity index (χ3v) is 4.18. The largest absolute Gasteiger partial charge is 0.352 e. The normalized spacial score (nSPS) is 18.8. The van der Waals surface area contributed by atoms with Crippen LogP contribution in [0.4, 0.5) is 0 Å². The highest BCUT2D eigenvalue weighted by atomic mass is 35.5. The Bertz CT molecular complexity index is 458. The van der Waals surface area contributed by atoms with Gasteiger partial charge in [0.2, 0.25) is 5.91 Å². The molecule has 0 spiro atoms. The first-order valence-electron chi connectivity index (χ1n) is 7.38. The van der Waals surface area contributed by atoms with Crippen LogP contribution in [0, 0.1) is 0 Å². The lowest BCUT2D eigenvalue weighted by Crippen LogP contribution is -2.46. The Hall–Kier alpha value is -1.06. The van der Waals surface area contributed by atoms with Crippen molar-refractivity contribution in [3.05, 3.63) is 34.9 Å². The summed E-state index contributed by atoms with van der Waals surface area (Å²) in [7, 11) is 0. The number of rotatable bonds is 5. The van der Waals surface area contributed by atoms with Crippen LogP contribution >= 0.6 is 11.6 Å². The molecule has 1 aromatic carbocycles. The first-order chi connectivity index (χ1) is 9.56. The van der Waals surface area contributed by atoms with Crippen LogP contribution in [0.1, 0.15) is 51.1 Å². The molecule has 0 saturated heterocycles. The van der Waals surface area contributed by atoms with Crippen LogP contribution in [0.15, 0.2) is 24.3 Å². The van der Waals surface area contributed by atoms with E-state index in [1.54, 1.807) is 0 Å². The summed E-state index contributed by atoms with van der Waals surface area (Å²) >= 11 is 5.99. The molecule has 3 nitrogen and oxygen atoms in total. The first kappa shape index (κ1) is 15.3. The second-order valence-electron chi connectivity index (χ2n) is 5.66. The van der Waals surface area contributed by atoms with Gasteiger partial charge in [0.1, 0.15) is 0 Å². The molecule has 2 atom stereocenters. The molecule has 2 N–H and O–H groups in total. The van der Waals surface area contributed by atoms with Gasteiger partial charge in [-0.1, -0.05) is 36.6 Å². The smallest absolute Gasteiger partial charge is 0.237 e. The molecule has 2 unspecified atom stereocenters. The fourth-order valence-electron chi connectivity index (χ4n) is 2.72. The van der Waals surface area contributed by atoms with Gasteiger partial charge in [0.15, 0.2) is 0 Å². The van der Waals surface area contributed by atoms with E-state index in [0.717, 1.165) is 23.4 Å². The van der Waals surface area contributed by atoms with E-state index in [4.69, 9.17) is 11.6 Å². The van der Waals surface area contributed by atoms with Crippen molar-refractivity contribution < 1.29 is 4.79 Å². The summed E-state index contributed by atoms with van der Waals surface area (Å²) in [6.07, 6.45) is 4.68. The highest BCUT2D eigenvalue weighted by molar-refractivity contribution is 6.30. The van der Waals surface area contributed by atoms with Crippen molar-refractivity contribution in [1.29, 1.82) is 0 Å². The van der Waals surface area contributed by atoms with Gasteiger partial charge in [0.05, 0.1) is 6.04 Å². The Kier molecular flexibility index (Phi) is 5.44. The summed E-state index contributed by atoms with van der Waals surface area (Å²) in [4.78, 5) is 12.1. The zero-order chi connectivity index (χ0) is 14.5. The molecule has 20 heavy (non-hydrogen) atoms. The number of hydrogen-bond acceptors (Lipinski definition) is 2. The molecule has 1 amide bonds. The predicted molar refractivity (Wildman–Crippen MR) is 82.9 cm³/mol. The third-order valence-electron chi connectivity index (χ3n) is 3.94. The highest BCUT2D eigenvalue weighted by Gasteiger charge is 2.21. The Balaban J connectivity index is 1.86. The molecule has 0 heterocycles. The second kappa shape index (κ2) is 7.09. The van der Waals surface area contributed by atoms with Crippen LogP contribution in [-0.4, -0.2) is 18.0 Å². The number of benzene rings is 1. The van der Waals surface area contributed by atoms with E-state index < -0.39 is 0 Å². The van der Waals surface area contributed by atoms with Crippen LogP contribution in [0.2, 0.25) is 5.02 Å². The standard InChI is InChI=1S/C16H23ClN2O/c1-11(13-6-5-7-14(17)10-13)18-12(2)16(20)19-15-8-3-4-9-15/h5-7,10-12,15,18H,3-4,8-9H2,1-2H3,(H,19,20). The number of nitrogens with one attached hydrogen (secondary N) is 2. The minimum Gasteiger partial charge on any atom is -0.352 e. The van der Waals surface area contributed by atoms with E-state index in [0.29, 0.717) is 6.04 Å². The van der Waals surface area contributed by atoms with Gasteiger partial charge in [-0.25, -0.2) is 0 Å². The van der Waals surface area contributed by atoms with Crippen molar-refractivity contribution in [3.63, 3.8) is 0 Å². The Labute approximate surface area is 126 Å². The average molecular weight is 295 g/mol. The van der Waals surface area contributed by atoms with Crippen LogP contribution in [0.3, 0.4) is 0 Å². The number of carbonyl (C=O) groups excluding carboxylic acids is 1. The van der Waals surface area contributed by atoms with E-state index >= 15 is 0 Å². The zero-order valence-corrected chi connectivity index (χ0v) is 12.9. The zero-order valence-electron chi connectivity index (χ0n) is 12.2. The minimum atomic E-state index is -0.204. The van der Waals surface area contributed by atoms with E-state index in [1.165, 1.54) is 12.8 Å². The van der Waals surface area contributed by atoms with Gasteiger partial charge in [0.25, 0.3) is 0 Å². The van der Waals surface area contributed by atoms with Crippen LogP contribution in [0.5, 0.6) is 0 Å². The molecule has 1 aliphatic rings. The molecule has 0 bridgehead atoms. The van der Waals surface area contributed by atoms with E-state index in [-0.39, 0.29) is 18.0 Å². The molecule has 1 aromatic rings. The summed E-state index contributed by atoms with van der Waals surface area (Å²) in [5.41, 5.74) is 1.10. The average Bonchev–Trinajstić information content (AvgIpc) is 2.91. The molecule has 110 valence electrons. The lowest BCUT2D eigenvalue weighted by molar-refractivity contribution is -0.123. The number of halogens is 1. The maximum Gasteiger partial charge on any atom is 0.237 e. The molecule has 0 aliphatic heterocycles. The molecular weight excluding hydrogens is 272 g/mol.